The van der Waals surface area contributed by atoms with Crippen molar-refractivity contribution in [3.05, 3.63) is 65.2 Å². The maximum Gasteiger partial charge on any atom is 0.224 e. The van der Waals surface area contributed by atoms with Gasteiger partial charge in [-0.05, 0) is 54.5 Å². The predicted octanol–water partition coefficient (Wildman–Crippen LogP) is 3.83. The highest BCUT2D eigenvalue weighted by Gasteiger charge is 2.19. The zero-order valence-electron chi connectivity index (χ0n) is 14.9. The highest BCUT2D eigenvalue weighted by atomic mass is 35.5. The molecule has 0 aromatic heterocycles. The summed E-state index contributed by atoms with van der Waals surface area (Å²) in [7, 11) is 0. The van der Waals surface area contributed by atoms with Crippen LogP contribution in [0.1, 0.15) is 42.1 Å². The Labute approximate surface area is 161 Å². The number of nitrogens with one attached hydrogen (secondary N) is 1. The van der Waals surface area contributed by atoms with E-state index in [1.807, 2.05) is 24.3 Å². The van der Waals surface area contributed by atoms with Crippen LogP contribution in [0.25, 0.3) is 0 Å². The second-order valence-corrected chi connectivity index (χ2v) is 6.57. The SMILES string of the molecule is Cl.Nc1ccc(CC(=O)NCCCOC2CCCc3ccccc32)cc1. The zero-order chi connectivity index (χ0) is 17.5. The van der Waals surface area contributed by atoms with Gasteiger partial charge >= 0.3 is 0 Å². The molecule has 1 unspecified atom stereocenters. The van der Waals surface area contributed by atoms with Crippen LogP contribution in [0.3, 0.4) is 0 Å². The average Bonchev–Trinajstić information content (AvgIpc) is 2.63. The van der Waals surface area contributed by atoms with Crippen LogP contribution >= 0.6 is 12.4 Å². The van der Waals surface area contributed by atoms with Crippen LogP contribution < -0.4 is 11.1 Å². The largest absolute Gasteiger partial charge is 0.399 e. The zero-order valence-corrected chi connectivity index (χ0v) is 15.8. The van der Waals surface area contributed by atoms with Gasteiger partial charge < -0.3 is 15.8 Å². The number of hydrogen-bond donors (Lipinski definition) is 2. The smallest absolute Gasteiger partial charge is 0.224 e. The van der Waals surface area contributed by atoms with Crippen molar-refractivity contribution in [2.45, 2.75) is 38.2 Å². The summed E-state index contributed by atoms with van der Waals surface area (Å²) in [4.78, 5) is 11.9. The van der Waals surface area contributed by atoms with Gasteiger partial charge in [0.25, 0.3) is 0 Å². The molecule has 0 saturated carbocycles. The van der Waals surface area contributed by atoms with Crippen molar-refractivity contribution in [1.29, 1.82) is 0 Å². The summed E-state index contributed by atoms with van der Waals surface area (Å²) >= 11 is 0. The summed E-state index contributed by atoms with van der Waals surface area (Å²) in [5.74, 6) is 0.0350. The molecule has 4 nitrogen and oxygen atoms in total. The van der Waals surface area contributed by atoms with Crippen molar-refractivity contribution in [1.82, 2.24) is 5.32 Å². The number of carbonyl (C=O) groups is 1. The number of fused-ring (bicyclic) bond motifs is 1. The first kappa shape index (κ1) is 20.3. The Morgan fingerprint density at radius 3 is 2.73 bits per heavy atom. The van der Waals surface area contributed by atoms with Gasteiger partial charge in [0.05, 0.1) is 12.5 Å². The lowest BCUT2D eigenvalue weighted by Gasteiger charge is -2.25. The third-order valence-electron chi connectivity index (χ3n) is 4.62. The highest BCUT2D eigenvalue weighted by molar-refractivity contribution is 5.85. The summed E-state index contributed by atoms with van der Waals surface area (Å²) in [6.45, 7) is 1.31. The van der Waals surface area contributed by atoms with Gasteiger partial charge in [0.15, 0.2) is 0 Å². The average molecular weight is 375 g/mol. The molecule has 3 N–H and O–H groups in total. The number of ether oxygens (including phenoxy) is 1. The van der Waals surface area contributed by atoms with Gasteiger partial charge in [-0.25, -0.2) is 0 Å². The van der Waals surface area contributed by atoms with Crippen LogP contribution in [0.2, 0.25) is 0 Å². The molecule has 0 aliphatic heterocycles. The molecule has 0 radical (unpaired) electrons. The van der Waals surface area contributed by atoms with E-state index in [9.17, 15) is 4.79 Å². The normalized spacial score (nSPS) is 15.6. The predicted molar refractivity (Wildman–Crippen MR) is 108 cm³/mol. The Balaban J connectivity index is 0.00000243. The molecule has 0 spiro atoms. The van der Waals surface area contributed by atoms with Gasteiger partial charge in [0.2, 0.25) is 5.91 Å². The molecule has 0 heterocycles. The van der Waals surface area contributed by atoms with Crippen molar-refractivity contribution in [3.8, 4) is 0 Å². The molecule has 1 aliphatic carbocycles. The molecule has 1 aliphatic rings. The summed E-state index contributed by atoms with van der Waals surface area (Å²) in [6, 6.07) is 16.0. The number of nitrogen functional groups attached to an aromatic ring is 1. The molecule has 2 aromatic carbocycles. The third kappa shape index (κ3) is 5.75. The van der Waals surface area contributed by atoms with Crippen LogP contribution in [0.5, 0.6) is 0 Å². The first-order valence-corrected chi connectivity index (χ1v) is 9.03. The summed E-state index contributed by atoms with van der Waals surface area (Å²) < 4.78 is 6.06. The lowest BCUT2D eigenvalue weighted by atomic mass is 9.89. The van der Waals surface area contributed by atoms with Crippen molar-refractivity contribution in [2.24, 2.45) is 0 Å². The van der Waals surface area contributed by atoms with Crippen LogP contribution in [-0.4, -0.2) is 19.1 Å². The Hall–Kier alpha value is -2.04. The lowest BCUT2D eigenvalue weighted by molar-refractivity contribution is -0.120. The molecule has 2 aromatic rings. The minimum atomic E-state index is 0. The molecule has 140 valence electrons. The van der Waals surface area contributed by atoms with Gasteiger partial charge in [-0.15, -0.1) is 12.4 Å². The molecule has 3 rings (SSSR count). The number of carbonyl (C=O) groups excluding carboxylic acids is 1. The van der Waals surface area contributed by atoms with E-state index in [0.29, 0.717) is 25.3 Å². The van der Waals surface area contributed by atoms with E-state index >= 15 is 0 Å². The number of benzene rings is 2. The van der Waals surface area contributed by atoms with Gasteiger partial charge in [0, 0.05) is 18.8 Å². The molecule has 1 atom stereocenters. The maximum atomic E-state index is 11.9. The molecule has 1 amide bonds. The van der Waals surface area contributed by atoms with Gasteiger partial charge in [-0.1, -0.05) is 36.4 Å². The number of amides is 1. The second kappa shape index (κ2) is 10.2. The Bertz CT molecular complexity index is 703. The Morgan fingerprint density at radius 2 is 1.92 bits per heavy atom. The maximum absolute atomic E-state index is 11.9. The van der Waals surface area contributed by atoms with Gasteiger partial charge in [-0.3, -0.25) is 4.79 Å². The van der Waals surface area contributed by atoms with Crippen molar-refractivity contribution >= 4 is 24.0 Å². The van der Waals surface area contributed by atoms with E-state index in [4.69, 9.17) is 10.5 Å². The fourth-order valence-corrected chi connectivity index (χ4v) is 3.29. The fourth-order valence-electron chi connectivity index (χ4n) is 3.29. The van der Waals surface area contributed by atoms with Crippen LogP contribution in [-0.2, 0) is 22.4 Å². The topological polar surface area (TPSA) is 64.4 Å². The molecule has 5 heteroatoms. The lowest BCUT2D eigenvalue weighted by Crippen LogP contribution is -2.27. The number of aryl methyl sites for hydroxylation is 1. The van der Waals surface area contributed by atoms with Crippen LogP contribution in [0.4, 0.5) is 5.69 Å². The van der Waals surface area contributed by atoms with E-state index in [1.54, 1.807) is 0 Å². The van der Waals surface area contributed by atoms with Crippen molar-refractivity contribution in [2.75, 3.05) is 18.9 Å². The molecular formula is C21H27ClN2O2. The van der Waals surface area contributed by atoms with Crippen LogP contribution in [0.15, 0.2) is 48.5 Å². The monoisotopic (exact) mass is 374 g/mol. The van der Waals surface area contributed by atoms with Gasteiger partial charge in [-0.2, -0.15) is 0 Å². The summed E-state index contributed by atoms with van der Waals surface area (Å²) in [5, 5.41) is 2.95. The fraction of sp³-hybridized carbons (Fsp3) is 0.381. The number of halogens is 1. The number of hydrogen-bond acceptors (Lipinski definition) is 3. The molecule has 0 fully saturated rings. The number of anilines is 1. The van der Waals surface area contributed by atoms with E-state index in [2.05, 4.69) is 29.6 Å². The van der Waals surface area contributed by atoms with Crippen molar-refractivity contribution < 1.29 is 9.53 Å². The van der Waals surface area contributed by atoms with E-state index in [-0.39, 0.29) is 24.4 Å². The van der Waals surface area contributed by atoms with E-state index < -0.39 is 0 Å². The molecule has 26 heavy (non-hydrogen) atoms. The number of rotatable bonds is 7. The van der Waals surface area contributed by atoms with E-state index in [1.165, 1.54) is 17.5 Å². The van der Waals surface area contributed by atoms with Crippen molar-refractivity contribution in [3.63, 3.8) is 0 Å². The second-order valence-electron chi connectivity index (χ2n) is 6.57. The molecular weight excluding hydrogens is 348 g/mol. The third-order valence-corrected chi connectivity index (χ3v) is 4.62. The minimum absolute atomic E-state index is 0. The number of nitrogens with two attached hydrogens (primary N) is 1. The first-order valence-electron chi connectivity index (χ1n) is 9.03. The Morgan fingerprint density at radius 1 is 1.15 bits per heavy atom. The quantitative estimate of drug-likeness (QED) is 0.571. The molecule has 0 saturated heterocycles. The standard InChI is InChI=1S/C21H26N2O2.ClH/c22-18-11-9-16(10-12-18)15-21(24)23-13-4-14-25-20-8-3-6-17-5-1-2-7-19(17)20;/h1-2,5,7,9-12,20H,3-4,6,8,13-15,22H2,(H,23,24);1H. The molecule has 0 bridgehead atoms. The van der Waals surface area contributed by atoms with E-state index in [0.717, 1.165) is 24.8 Å². The minimum Gasteiger partial charge on any atom is -0.399 e. The Kier molecular flexibility index (Phi) is 7.95. The summed E-state index contributed by atoms with van der Waals surface area (Å²) in [6.07, 6.45) is 4.83. The highest BCUT2D eigenvalue weighted by Crippen LogP contribution is 2.32. The van der Waals surface area contributed by atoms with Crippen LogP contribution in [0, 0.1) is 0 Å². The summed E-state index contributed by atoms with van der Waals surface area (Å²) in [5.41, 5.74) is 10.1. The van der Waals surface area contributed by atoms with Gasteiger partial charge in [0.1, 0.15) is 0 Å². The first-order chi connectivity index (χ1) is 12.2.